The number of aromatic amines is 1. The van der Waals surface area contributed by atoms with Crippen molar-refractivity contribution in [2.24, 2.45) is 0 Å². The van der Waals surface area contributed by atoms with Gasteiger partial charge in [0, 0.05) is 11.8 Å². The Balaban J connectivity index is 1.76. The molecule has 4 aromatic rings. The van der Waals surface area contributed by atoms with Crippen molar-refractivity contribution in [1.82, 2.24) is 24.6 Å². The van der Waals surface area contributed by atoms with Crippen LogP contribution in [0.1, 0.15) is 5.69 Å². The molecule has 1 N–H and O–H groups in total. The van der Waals surface area contributed by atoms with Crippen LogP contribution in [0.5, 0.6) is 0 Å². The number of hydrogen-bond acceptors (Lipinski definition) is 6. The van der Waals surface area contributed by atoms with Gasteiger partial charge in [-0.1, -0.05) is 12.1 Å². The first-order chi connectivity index (χ1) is 10.2. The van der Waals surface area contributed by atoms with Crippen LogP contribution in [0.15, 0.2) is 44.6 Å². The van der Waals surface area contributed by atoms with Crippen molar-refractivity contribution in [2.75, 3.05) is 0 Å². The van der Waals surface area contributed by atoms with Crippen LogP contribution in [0.4, 0.5) is 0 Å². The quantitative estimate of drug-likeness (QED) is 0.615. The summed E-state index contributed by atoms with van der Waals surface area (Å²) in [6.45, 7) is 1.77. The lowest BCUT2D eigenvalue weighted by Gasteiger charge is -1.90. The van der Waals surface area contributed by atoms with E-state index < -0.39 is 0 Å². The zero-order valence-corrected chi connectivity index (χ0v) is 12.5. The highest BCUT2D eigenvalue weighted by Gasteiger charge is 2.10. The van der Waals surface area contributed by atoms with E-state index in [9.17, 15) is 4.79 Å². The number of thiazole rings is 1. The molecule has 0 unspecified atom stereocenters. The first kappa shape index (κ1) is 12.5. The Labute approximate surface area is 126 Å². The van der Waals surface area contributed by atoms with Crippen molar-refractivity contribution in [3.05, 3.63) is 46.4 Å². The fourth-order valence-electron chi connectivity index (χ4n) is 2.00. The SMILES string of the molecule is Cc1cc(=O)n2[nH]c(Sc3nc4ccccc4s3)nc2n1. The summed E-state index contributed by atoms with van der Waals surface area (Å²) in [5, 5.41) is 3.55. The van der Waals surface area contributed by atoms with E-state index in [1.54, 1.807) is 18.3 Å². The number of nitrogens with one attached hydrogen (secondary N) is 1. The summed E-state index contributed by atoms with van der Waals surface area (Å²) in [5.41, 5.74) is 1.46. The van der Waals surface area contributed by atoms with Crippen LogP contribution in [0, 0.1) is 6.92 Å². The molecule has 0 saturated carbocycles. The third kappa shape index (κ3) is 2.22. The standard InChI is InChI=1S/C13H9N5OS2/c1-7-6-10(19)18-11(14-7)16-12(17-18)21-13-15-8-4-2-3-5-9(8)20-13/h2-6H,1H3,(H,14,16,17). The van der Waals surface area contributed by atoms with Gasteiger partial charge in [0.05, 0.1) is 10.2 Å². The van der Waals surface area contributed by atoms with Crippen molar-refractivity contribution in [1.29, 1.82) is 0 Å². The largest absolute Gasteiger partial charge is 0.274 e. The van der Waals surface area contributed by atoms with E-state index in [4.69, 9.17) is 0 Å². The second-order valence-corrected chi connectivity index (χ2v) is 6.72. The molecule has 0 aliphatic heterocycles. The maximum absolute atomic E-state index is 11.8. The molecule has 0 fully saturated rings. The molecule has 0 saturated heterocycles. The maximum atomic E-state index is 11.8. The Bertz CT molecular complexity index is 983. The van der Waals surface area contributed by atoms with E-state index in [-0.39, 0.29) is 5.56 Å². The fourth-order valence-corrected chi connectivity index (χ4v) is 3.94. The predicted molar refractivity (Wildman–Crippen MR) is 82.1 cm³/mol. The van der Waals surface area contributed by atoms with Crippen molar-refractivity contribution < 1.29 is 0 Å². The summed E-state index contributed by atoms with van der Waals surface area (Å²) in [6.07, 6.45) is 0. The zero-order chi connectivity index (χ0) is 14.4. The fraction of sp³-hybridized carbons (Fsp3) is 0.0769. The summed E-state index contributed by atoms with van der Waals surface area (Å²) in [5.74, 6) is 0.378. The Morgan fingerprint density at radius 1 is 1.24 bits per heavy atom. The van der Waals surface area contributed by atoms with Crippen LogP contribution < -0.4 is 5.56 Å². The number of benzene rings is 1. The lowest BCUT2D eigenvalue weighted by Crippen LogP contribution is -2.14. The van der Waals surface area contributed by atoms with Gasteiger partial charge in [-0.15, -0.1) is 11.3 Å². The third-order valence-electron chi connectivity index (χ3n) is 2.90. The molecule has 3 heterocycles. The minimum atomic E-state index is -0.166. The maximum Gasteiger partial charge on any atom is 0.274 e. The van der Waals surface area contributed by atoms with Crippen LogP contribution >= 0.6 is 23.1 Å². The topological polar surface area (TPSA) is 75.9 Å². The molecular formula is C13H9N5OS2. The summed E-state index contributed by atoms with van der Waals surface area (Å²) in [7, 11) is 0. The van der Waals surface area contributed by atoms with Crippen molar-refractivity contribution in [3.8, 4) is 0 Å². The van der Waals surface area contributed by atoms with E-state index in [1.165, 1.54) is 22.3 Å². The Morgan fingerprint density at radius 2 is 2.10 bits per heavy atom. The molecule has 6 nitrogen and oxygen atoms in total. The molecule has 0 amide bonds. The number of aromatic nitrogens is 5. The number of H-pyrrole nitrogens is 1. The zero-order valence-electron chi connectivity index (χ0n) is 10.9. The van der Waals surface area contributed by atoms with Gasteiger partial charge in [-0.2, -0.15) is 9.50 Å². The van der Waals surface area contributed by atoms with Crippen LogP contribution in [-0.4, -0.2) is 24.6 Å². The lowest BCUT2D eigenvalue weighted by molar-refractivity contribution is 0.845. The number of para-hydroxylation sites is 1. The minimum absolute atomic E-state index is 0.166. The molecule has 8 heteroatoms. The number of rotatable bonds is 2. The number of fused-ring (bicyclic) bond motifs is 2. The summed E-state index contributed by atoms with van der Waals surface area (Å²) >= 11 is 2.99. The van der Waals surface area contributed by atoms with E-state index in [0.29, 0.717) is 16.6 Å². The van der Waals surface area contributed by atoms with Gasteiger partial charge >= 0.3 is 0 Å². The molecule has 0 bridgehead atoms. The highest BCUT2D eigenvalue weighted by Crippen LogP contribution is 2.32. The molecule has 1 aromatic carbocycles. The molecule has 21 heavy (non-hydrogen) atoms. The van der Waals surface area contributed by atoms with Gasteiger partial charge in [0.2, 0.25) is 0 Å². The second-order valence-electron chi connectivity index (χ2n) is 4.45. The molecule has 104 valence electrons. The lowest BCUT2D eigenvalue weighted by atomic mass is 10.3. The molecule has 0 aliphatic carbocycles. The number of nitrogens with zero attached hydrogens (tertiary/aromatic N) is 4. The van der Waals surface area contributed by atoms with Gasteiger partial charge in [0.25, 0.3) is 11.3 Å². The molecule has 4 rings (SSSR count). The highest BCUT2D eigenvalue weighted by atomic mass is 32.2. The van der Waals surface area contributed by atoms with Gasteiger partial charge in [-0.3, -0.25) is 9.89 Å². The van der Waals surface area contributed by atoms with Crippen LogP contribution in [0.25, 0.3) is 16.0 Å². The molecule has 0 spiro atoms. The minimum Gasteiger partial charge on any atom is -0.267 e. The van der Waals surface area contributed by atoms with E-state index in [2.05, 4.69) is 20.1 Å². The molecule has 0 atom stereocenters. The summed E-state index contributed by atoms with van der Waals surface area (Å²) in [4.78, 5) is 24.9. The second kappa shape index (κ2) is 4.68. The Morgan fingerprint density at radius 3 is 2.95 bits per heavy atom. The summed E-state index contributed by atoms with van der Waals surface area (Å²) in [6, 6.07) is 9.43. The van der Waals surface area contributed by atoms with Gasteiger partial charge in [0.15, 0.2) is 9.50 Å². The van der Waals surface area contributed by atoms with Crippen molar-refractivity contribution in [2.45, 2.75) is 16.4 Å². The first-order valence-corrected chi connectivity index (χ1v) is 7.82. The average Bonchev–Trinajstić information content (AvgIpc) is 3.01. The van der Waals surface area contributed by atoms with Crippen LogP contribution in [-0.2, 0) is 0 Å². The van der Waals surface area contributed by atoms with Crippen LogP contribution in [0.3, 0.4) is 0 Å². The average molecular weight is 315 g/mol. The van der Waals surface area contributed by atoms with Crippen LogP contribution in [0.2, 0.25) is 0 Å². The Kier molecular flexibility index (Phi) is 2.79. The third-order valence-corrected chi connectivity index (χ3v) is 4.87. The molecule has 0 radical (unpaired) electrons. The van der Waals surface area contributed by atoms with Gasteiger partial charge in [0.1, 0.15) is 0 Å². The predicted octanol–water partition coefficient (Wildman–Crippen LogP) is 2.49. The first-order valence-electron chi connectivity index (χ1n) is 6.19. The number of aryl methyl sites for hydroxylation is 1. The van der Waals surface area contributed by atoms with Crippen molar-refractivity contribution in [3.63, 3.8) is 0 Å². The smallest absolute Gasteiger partial charge is 0.267 e. The van der Waals surface area contributed by atoms with E-state index in [1.807, 2.05) is 24.3 Å². The monoisotopic (exact) mass is 315 g/mol. The van der Waals surface area contributed by atoms with E-state index >= 15 is 0 Å². The summed E-state index contributed by atoms with van der Waals surface area (Å²) < 4.78 is 3.34. The molecule has 0 aliphatic rings. The number of hydrogen-bond donors (Lipinski definition) is 1. The van der Waals surface area contributed by atoms with Gasteiger partial charge < -0.3 is 0 Å². The molecule has 3 aromatic heterocycles. The van der Waals surface area contributed by atoms with E-state index in [0.717, 1.165) is 14.6 Å². The van der Waals surface area contributed by atoms with Gasteiger partial charge in [-0.25, -0.2) is 9.97 Å². The molecular weight excluding hydrogens is 306 g/mol. The van der Waals surface area contributed by atoms with Crippen molar-refractivity contribution >= 4 is 39.1 Å². The Hall–Kier alpha value is -2.19. The highest BCUT2D eigenvalue weighted by molar-refractivity contribution is 8.01. The normalized spacial score (nSPS) is 11.5. The van der Waals surface area contributed by atoms with Gasteiger partial charge in [-0.05, 0) is 30.8 Å².